The van der Waals surface area contributed by atoms with Gasteiger partial charge < -0.3 is 15.2 Å². The van der Waals surface area contributed by atoms with E-state index < -0.39 is 23.6 Å². The first-order valence-electron chi connectivity index (χ1n) is 4.90. The lowest BCUT2D eigenvalue weighted by atomic mass is 9.93. The minimum atomic E-state index is -4.80. The molecule has 4 nitrogen and oxygen atoms in total. The average Bonchev–Trinajstić information content (AvgIpc) is 2.26. The molecule has 0 aliphatic rings. The smallest absolute Gasteiger partial charge is 0.467 e. The summed E-state index contributed by atoms with van der Waals surface area (Å²) in [7, 11) is 1.14. The van der Waals surface area contributed by atoms with Crippen molar-refractivity contribution < 1.29 is 27.4 Å². The van der Waals surface area contributed by atoms with Crippen LogP contribution in [-0.2, 0) is 15.1 Å². The lowest BCUT2D eigenvalue weighted by molar-refractivity contribution is -0.274. The van der Waals surface area contributed by atoms with E-state index in [4.69, 9.17) is 5.73 Å². The van der Waals surface area contributed by atoms with Crippen molar-refractivity contribution in [2.75, 3.05) is 7.11 Å². The molecule has 2 N–H and O–H groups in total. The summed E-state index contributed by atoms with van der Waals surface area (Å²) in [6.07, 6.45) is -4.80. The molecule has 1 rings (SSSR count). The standard InChI is InChI=1S/C11H12F3NO3/c1-10(15,9(16)17-2)7-4-3-5-8(6-7)18-11(12,13)14/h3-6H,15H2,1-2H3. The molecule has 0 saturated heterocycles. The molecule has 100 valence electrons. The van der Waals surface area contributed by atoms with E-state index in [0.29, 0.717) is 0 Å². The molecular weight excluding hydrogens is 251 g/mol. The monoisotopic (exact) mass is 263 g/mol. The molecule has 0 amide bonds. The Hall–Kier alpha value is -1.76. The van der Waals surface area contributed by atoms with Crippen LogP contribution in [0.1, 0.15) is 12.5 Å². The van der Waals surface area contributed by atoms with Gasteiger partial charge in [0.25, 0.3) is 0 Å². The molecular formula is C11H12F3NO3. The van der Waals surface area contributed by atoms with Crippen molar-refractivity contribution in [3.63, 3.8) is 0 Å². The highest BCUT2D eigenvalue weighted by molar-refractivity contribution is 5.81. The molecule has 0 radical (unpaired) electrons. The quantitative estimate of drug-likeness (QED) is 0.846. The number of nitrogens with two attached hydrogens (primary N) is 1. The molecule has 0 bridgehead atoms. The first-order chi connectivity index (χ1) is 8.16. The summed E-state index contributed by atoms with van der Waals surface area (Å²) in [5.41, 5.74) is 4.33. The maximum atomic E-state index is 12.0. The van der Waals surface area contributed by atoms with Gasteiger partial charge in [0.05, 0.1) is 7.11 Å². The summed E-state index contributed by atoms with van der Waals surface area (Å²) >= 11 is 0. The van der Waals surface area contributed by atoms with Gasteiger partial charge in [-0.25, -0.2) is 4.79 Å². The molecule has 0 aliphatic heterocycles. The number of carbonyl (C=O) groups excluding carboxylic acids is 1. The van der Waals surface area contributed by atoms with E-state index >= 15 is 0 Å². The first-order valence-corrected chi connectivity index (χ1v) is 4.90. The predicted octanol–water partition coefficient (Wildman–Crippen LogP) is 1.93. The van der Waals surface area contributed by atoms with Gasteiger partial charge in [-0.1, -0.05) is 12.1 Å². The van der Waals surface area contributed by atoms with E-state index in [0.717, 1.165) is 19.2 Å². The highest BCUT2D eigenvalue weighted by Gasteiger charge is 2.34. The number of carbonyl (C=O) groups is 1. The Labute approximate surface area is 101 Å². The molecule has 7 heteroatoms. The number of hydrogen-bond acceptors (Lipinski definition) is 4. The average molecular weight is 263 g/mol. The zero-order chi connectivity index (χ0) is 14.0. The van der Waals surface area contributed by atoms with E-state index in [1.807, 2.05) is 0 Å². The van der Waals surface area contributed by atoms with Crippen molar-refractivity contribution in [1.29, 1.82) is 0 Å². The second-order valence-electron chi connectivity index (χ2n) is 3.77. The summed E-state index contributed by atoms with van der Waals surface area (Å²) in [6.45, 7) is 1.34. The molecule has 1 atom stereocenters. The normalized spacial score (nSPS) is 14.8. The van der Waals surface area contributed by atoms with Gasteiger partial charge in [0.2, 0.25) is 0 Å². The van der Waals surface area contributed by atoms with Gasteiger partial charge in [-0.05, 0) is 24.6 Å². The molecule has 0 fully saturated rings. The Morgan fingerprint density at radius 1 is 1.33 bits per heavy atom. The third-order valence-corrected chi connectivity index (χ3v) is 2.28. The number of methoxy groups -OCH3 is 1. The van der Waals surface area contributed by atoms with Crippen molar-refractivity contribution in [3.8, 4) is 5.75 Å². The van der Waals surface area contributed by atoms with Crippen LogP contribution >= 0.6 is 0 Å². The molecule has 1 aromatic rings. The Morgan fingerprint density at radius 3 is 2.44 bits per heavy atom. The summed E-state index contributed by atoms with van der Waals surface area (Å²) in [5.74, 6) is -1.20. The van der Waals surface area contributed by atoms with Crippen molar-refractivity contribution in [2.45, 2.75) is 18.8 Å². The van der Waals surface area contributed by atoms with E-state index in [9.17, 15) is 18.0 Å². The van der Waals surface area contributed by atoms with E-state index in [2.05, 4.69) is 9.47 Å². The van der Waals surface area contributed by atoms with Gasteiger partial charge in [-0.2, -0.15) is 0 Å². The third kappa shape index (κ3) is 3.36. The minimum absolute atomic E-state index is 0.163. The fourth-order valence-corrected chi connectivity index (χ4v) is 1.35. The second kappa shape index (κ2) is 4.85. The van der Waals surface area contributed by atoms with Crippen LogP contribution in [0, 0.1) is 0 Å². The Bertz CT molecular complexity index is 443. The lowest BCUT2D eigenvalue weighted by Gasteiger charge is -2.22. The van der Waals surface area contributed by atoms with Crippen LogP contribution in [0.5, 0.6) is 5.75 Å². The summed E-state index contributed by atoms with van der Waals surface area (Å²) < 4.78 is 44.4. The summed E-state index contributed by atoms with van der Waals surface area (Å²) in [5, 5.41) is 0. The van der Waals surface area contributed by atoms with E-state index in [1.54, 1.807) is 0 Å². The van der Waals surface area contributed by atoms with Crippen molar-refractivity contribution in [2.24, 2.45) is 5.73 Å². The predicted molar refractivity (Wildman–Crippen MR) is 56.7 cm³/mol. The number of halogens is 3. The molecule has 1 aromatic carbocycles. The zero-order valence-electron chi connectivity index (χ0n) is 9.75. The topological polar surface area (TPSA) is 61.5 Å². The number of benzene rings is 1. The number of esters is 1. The first kappa shape index (κ1) is 14.3. The molecule has 0 aliphatic carbocycles. The maximum Gasteiger partial charge on any atom is 0.573 e. The second-order valence-corrected chi connectivity index (χ2v) is 3.77. The highest BCUT2D eigenvalue weighted by atomic mass is 19.4. The highest BCUT2D eigenvalue weighted by Crippen LogP contribution is 2.27. The van der Waals surface area contributed by atoms with Gasteiger partial charge in [0, 0.05) is 0 Å². The Kier molecular flexibility index (Phi) is 3.85. The lowest BCUT2D eigenvalue weighted by Crippen LogP contribution is -2.42. The fraction of sp³-hybridized carbons (Fsp3) is 0.364. The van der Waals surface area contributed by atoms with Crippen molar-refractivity contribution in [3.05, 3.63) is 29.8 Å². The molecule has 0 spiro atoms. The van der Waals surface area contributed by atoms with Gasteiger partial charge in [-0.3, -0.25) is 0 Å². The van der Waals surface area contributed by atoms with E-state index in [-0.39, 0.29) is 5.56 Å². The number of hydrogen-bond donors (Lipinski definition) is 1. The van der Waals surface area contributed by atoms with Crippen LogP contribution in [0.2, 0.25) is 0 Å². The van der Waals surface area contributed by atoms with Crippen LogP contribution in [0.4, 0.5) is 13.2 Å². The zero-order valence-corrected chi connectivity index (χ0v) is 9.75. The van der Waals surface area contributed by atoms with Crippen LogP contribution in [-0.4, -0.2) is 19.4 Å². The summed E-state index contributed by atoms with van der Waals surface area (Å²) in [6, 6.07) is 4.89. The molecule has 0 saturated carbocycles. The Balaban J connectivity index is 3.05. The largest absolute Gasteiger partial charge is 0.573 e. The van der Waals surface area contributed by atoms with Crippen LogP contribution in [0.3, 0.4) is 0 Å². The molecule has 0 heterocycles. The number of ether oxygens (including phenoxy) is 2. The van der Waals surface area contributed by atoms with Gasteiger partial charge >= 0.3 is 12.3 Å². The fourth-order valence-electron chi connectivity index (χ4n) is 1.35. The SMILES string of the molecule is COC(=O)C(C)(N)c1cccc(OC(F)(F)F)c1. The van der Waals surface area contributed by atoms with Gasteiger partial charge in [0.1, 0.15) is 11.3 Å². The van der Waals surface area contributed by atoms with Crippen molar-refractivity contribution in [1.82, 2.24) is 0 Å². The molecule has 0 aromatic heterocycles. The van der Waals surface area contributed by atoms with Gasteiger partial charge in [0.15, 0.2) is 0 Å². The third-order valence-electron chi connectivity index (χ3n) is 2.28. The molecule has 1 unspecified atom stereocenters. The molecule has 18 heavy (non-hydrogen) atoms. The maximum absolute atomic E-state index is 12.0. The Morgan fingerprint density at radius 2 is 1.94 bits per heavy atom. The summed E-state index contributed by atoms with van der Waals surface area (Å²) in [4.78, 5) is 11.4. The van der Waals surface area contributed by atoms with Crippen LogP contribution in [0.25, 0.3) is 0 Å². The number of alkyl halides is 3. The number of rotatable bonds is 3. The van der Waals surface area contributed by atoms with Crippen molar-refractivity contribution >= 4 is 5.97 Å². The van der Waals surface area contributed by atoms with E-state index in [1.165, 1.54) is 19.1 Å². The van der Waals surface area contributed by atoms with Gasteiger partial charge in [-0.15, -0.1) is 13.2 Å². The minimum Gasteiger partial charge on any atom is -0.467 e. The van der Waals surface area contributed by atoms with Crippen LogP contribution in [0.15, 0.2) is 24.3 Å². The van der Waals surface area contributed by atoms with Crippen LogP contribution < -0.4 is 10.5 Å².